The number of carbonyl (C=O) groups excluding carboxylic acids is 1. The lowest BCUT2D eigenvalue weighted by molar-refractivity contribution is -0.128. The minimum absolute atomic E-state index is 0.0182. The molecule has 1 saturated heterocycles. The van der Waals surface area contributed by atoms with Gasteiger partial charge in [0.05, 0.1) is 6.54 Å². The van der Waals surface area contributed by atoms with Gasteiger partial charge in [-0.2, -0.15) is 0 Å². The van der Waals surface area contributed by atoms with Crippen LogP contribution in [0.2, 0.25) is 0 Å². The zero-order valence-corrected chi connectivity index (χ0v) is 10.5. The van der Waals surface area contributed by atoms with Gasteiger partial charge in [-0.3, -0.25) is 4.79 Å². The zero-order valence-electron chi connectivity index (χ0n) is 10.5. The molecule has 1 fully saturated rings. The van der Waals surface area contributed by atoms with Crippen LogP contribution < -0.4 is 4.74 Å². The van der Waals surface area contributed by atoms with Gasteiger partial charge in [-0.25, -0.2) is 9.97 Å². The summed E-state index contributed by atoms with van der Waals surface area (Å²) in [6.45, 7) is 3.23. The highest BCUT2D eigenvalue weighted by Gasteiger charge is 2.24. The Kier molecular flexibility index (Phi) is 4.28. The number of likely N-dealkylation sites (tertiary alicyclic amines) is 1. The topological polar surface area (TPSA) is 55.3 Å². The van der Waals surface area contributed by atoms with Gasteiger partial charge in [-0.1, -0.05) is 6.08 Å². The molecule has 1 unspecified atom stereocenters. The molecule has 1 atom stereocenters. The molecule has 5 heteroatoms. The molecule has 18 heavy (non-hydrogen) atoms. The van der Waals surface area contributed by atoms with Crippen molar-refractivity contribution in [3.05, 3.63) is 30.6 Å². The number of allylic oxidation sites excluding steroid dienone is 1. The molecule has 5 nitrogen and oxygen atoms in total. The second-order valence-electron chi connectivity index (χ2n) is 4.20. The van der Waals surface area contributed by atoms with Crippen LogP contribution in [0.4, 0.5) is 0 Å². The van der Waals surface area contributed by atoms with E-state index in [2.05, 4.69) is 9.97 Å². The summed E-state index contributed by atoms with van der Waals surface area (Å²) in [5.41, 5.74) is 0. The number of piperidine rings is 1. The number of carbonyl (C=O) groups is 1. The highest BCUT2D eigenvalue weighted by Crippen LogP contribution is 2.15. The maximum atomic E-state index is 11.7. The molecule has 1 amide bonds. The fraction of sp³-hybridized carbons (Fsp3) is 0.462. The highest BCUT2D eigenvalue weighted by molar-refractivity contribution is 5.87. The standard InChI is InChI=1S/C13H17N3O2/c1-2-5-12(17)16-9-3-6-11(10-16)18-13-14-7-4-8-15-13/h2,4-5,7-8,11H,3,6,9-10H2,1H3/b5-2+. The molecule has 0 N–H and O–H groups in total. The monoisotopic (exact) mass is 247 g/mol. The van der Waals surface area contributed by atoms with Crippen molar-refractivity contribution in [2.45, 2.75) is 25.9 Å². The summed E-state index contributed by atoms with van der Waals surface area (Å²) in [5.74, 6) is 0.0415. The average Bonchev–Trinajstić information content (AvgIpc) is 2.40. The smallest absolute Gasteiger partial charge is 0.316 e. The molecule has 96 valence electrons. The molecule has 2 heterocycles. The van der Waals surface area contributed by atoms with Crippen molar-refractivity contribution >= 4 is 5.91 Å². The van der Waals surface area contributed by atoms with E-state index < -0.39 is 0 Å². The second kappa shape index (κ2) is 6.14. The number of ether oxygens (including phenoxy) is 1. The van der Waals surface area contributed by atoms with E-state index in [1.165, 1.54) is 0 Å². The van der Waals surface area contributed by atoms with Crippen LogP contribution in [0.15, 0.2) is 30.6 Å². The third-order valence-electron chi connectivity index (χ3n) is 2.81. The van der Waals surface area contributed by atoms with Gasteiger partial charge in [-0.15, -0.1) is 0 Å². The second-order valence-corrected chi connectivity index (χ2v) is 4.20. The van der Waals surface area contributed by atoms with E-state index in [1.807, 2.05) is 6.92 Å². The first-order chi connectivity index (χ1) is 8.79. The average molecular weight is 247 g/mol. The molecule has 1 aliphatic heterocycles. The lowest BCUT2D eigenvalue weighted by atomic mass is 10.1. The van der Waals surface area contributed by atoms with Gasteiger partial charge in [0.25, 0.3) is 0 Å². The van der Waals surface area contributed by atoms with Gasteiger partial charge in [0.15, 0.2) is 0 Å². The Balaban J connectivity index is 1.93. The Hall–Kier alpha value is -1.91. The van der Waals surface area contributed by atoms with Crippen molar-refractivity contribution in [3.8, 4) is 6.01 Å². The Morgan fingerprint density at radius 1 is 1.50 bits per heavy atom. The minimum Gasteiger partial charge on any atom is -0.458 e. The minimum atomic E-state index is -0.0182. The summed E-state index contributed by atoms with van der Waals surface area (Å²) in [7, 11) is 0. The molecular weight excluding hydrogens is 230 g/mol. The summed E-state index contributed by atoms with van der Waals surface area (Å²) in [5, 5.41) is 0. The first-order valence-electron chi connectivity index (χ1n) is 6.15. The van der Waals surface area contributed by atoms with E-state index in [1.54, 1.807) is 35.5 Å². The van der Waals surface area contributed by atoms with Gasteiger partial charge in [-0.05, 0) is 31.9 Å². The first-order valence-corrected chi connectivity index (χ1v) is 6.15. The summed E-state index contributed by atoms with van der Waals surface area (Å²) in [6.07, 6.45) is 8.49. The van der Waals surface area contributed by atoms with Crippen LogP contribution in [-0.2, 0) is 4.79 Å². The predicted octanol–water partition coefficient (Wildman–Crippen LogP) is 1.42. The molecule has 0 aromatic carbocycles. The van der Waals surface area contributed by atoms with Crippen molar-refractivity contribution in [1.29, 1.82) is 0 Å². The summed E-state index contributed by atoms with van der Waals surface area (Å²) in [6, 6.07) is 2.12. The Morgan fingerprint density at radius 3 is 3.00 bits per heavy atom. The third-order valence-corrected chi connectivity index (χ3v) is 2.81. The Bertz CT molecular complexity index is 420. The van der Waals surface area contributed by atoms with E-state index in [9.17, 15) is 4.79 Å². The van der Waals surface area contributed by atoms with Gasteiger partial charge in [0.2, 0.25) is 5.91 Å². The van der Waals surface area contributed by atoms with Crippen LogP contribution in [0.1, 0.15) is 19.8 Å². The van der Waals surface area contributed by atoms with Crippen LogP contribution in [-0.4, -0.2) is 40.0 Å². The van der Waals surface area contributed by atoms with E-state index >= 15 is 0 Å². The molecule has 0 spiro atoms. The zero-order chi connectivity index (χ0) is 12.8. The lowest BCUT2D eigenvalue weighted by Crippen LogP contribution is -2.43. The third kappa shape index (κ3) is 3.29. The molecule has 1 aromatic rings. The molecule has 0 aliphatic carbocycles. The molecule has 0 saturated carbocycles. The molecular formula is C13H17N3O2. The Morgan fingerprint density at radius 2 is 2.28 bits per heavy atom. The normalized spacial score (nSPS) is 20.1. The van der Waals surface area contributed by atoms with E-state index in [-0.39, 0.29) is 12.0 Å². The number of rotatable bonds is 3. The summed E-state index contributed by atoms with van der Waals surface area (Å²) < 4.78 is 5.67. The summed E-state index contributed by atoms with van der Waals surface area (Å²) >= 11 is 0. The van der Waals surface area contributed by atoms with E-state index in [0.717, 1.165) is 19.4 Å². The molecule has 1 aromatic heterocycles. The van der Waals surface area contributed by atoms with Crippen molar-refractivity contribution in [2.24, 2.45) is 0 Å². The molecule has 2 rings (SSSR count). The number of amides is 1. The predicted molar refractivity (Wildman–Crippen MR) is 67.1 cm³/mol. The van der Waals surface area contributed by atoms with Gasteiger partial charge in [0.1, 0.15) is 6.10 Å². The quantitative estimate of drug-likeness (QED) is 0.758. The number of nitrogens with zero attached hydrogens (tertiary/aromatic N) is 3. The van der Waals surface area contributed by atoms with Crippen molar-refractivity contribution in [2.75, 3.05) is 13.1 Å². The maximum Gasteiger partial charge on any atom is 0.316 e. The first kappa shape index (κ1) is 12.5. The van der Waals surface area contributed by atoms with Crippen molar-refractivity contribution in [1.82, 2.24) is 14.9 Å². The van der Waals surface area contributed by atoms with Crippen LogP contribution >= 0.6 is 0 Å². The van der Waals surface area contributed by atoms with E-state index in [0.29, 0.717) is 12.6 Å². The maximum absolute atomic E-state index is 11.7. The summed E-state index contributed by atoms with van der Waals surface area (Å²) in [4.78, 5) is 21.6. The SMILES string of the molecule is C/C=C/C(=O)N1CCCC(Oc2ncccn2)C1. The van der Waals surface area contributed by atoms with Crippen LogP contribution in [0.3, 0.4) is 0 Å². The fourth-order valence-corrected chi connectivity index (χ4v) is 1.98. The van der Waals surface area contributed by atoms with Crippen LogP contribution in [0, 0.1) is 0 Å². The Labute approximate surface area is 106 Å². The van der Waals surface area contributed by atoms with Gasteiger partial charge in [0, 0.05) is 18.9 Å². The fourth-order valence-electron chi connectivity index (χ4n) is 1.98. The molecule has 1 aliphatic rings. The van der Waals surface area contributed by atoms with Gasteiger partial charge >= 0.3 is 6.01 Å². The largest absolute Gasteiger partial charge is 0.458 e. The van der Waals surface area contributed by atoms with E-state index in [4.69, 9.17) is 4.74 Å². The van der Waals surface area contributed by atoms with Crippen molar-refractivity contribution < 1.29 is 9.53 Å². The number of hydrogen-bond donors (Lipinski definition) is 0. The van der Waals surface area contributed by atoms with Crippen LogP contribution in [0.25, 0.3) is 0 Å². The number of hydrogen-bond acceptors (Lipinski definition) is 4. The number of aromatic nitrogens is 2. The highest BCUT2D eigenvalue weighted by atomic mass is 16.5. The van der Waals surface area contributed by atoms with Crippen molar-refractivity contribution in [3.63, 3.8) is 0 Å². The van der Waals surface area contributed by atoms with Crippen LogP contribution in [0.5, 0.6) is 6.01 Å². The van der Waals surface area contributed by atoms with Gasteiger partial charge < -0.3 is 9.64 Å². The molecule has 0 radical (unpaired) electrons. The molecule has 0 bridgehead atoms. The lowest BCUT2D eigenvalue weighted by Gasteiger charge is -2.31.